The van der Waals surface area contributed by atoms with Crippen molar-refractivity contribution in [2.75, 3.05) is 0 Å². The highest BCUT2D eigenvalue weighted by atomic mass is 35.5. The number of amides is 1. The average molecular weight is 321 g/mol. The van der Waals surface area contributed by atoms with Crippen LogP contribution in [0.3, 0.4) is 0 Å². The highest BCUT2D eigenvalue weighted by molar-refractivity contribution is 6.32. The molecule has 0 fully saturated rings. The molecular formula is C16H17ClN2O3. The molecule has 1 aromatic carbocycles. The number of carbonyl (C=O) groups excluding carboxylic acids is 1. The molecule has 0 aliphatic rings. The van der Waals surface area contributed by atoms with Gasteiger partial charge in [-0.1, -0.05) is 18.5 Å². The molecule has 0 aliphatic carbocycles. The molecule has 1 amide bonds. The van der Waals surface area contributed by atoms with Gasteiger partial charge in [-0.15, -0.1) is 0 Å². The zero-order chi connectivity index (χ0) is 15.9. The second-order valence-electron chi connectivity index (χ2n) is 4.70. The molecule has 0 aliphatic heterocycles. The van der Waals surface area contributed by atoms with Crippen LogP contribution in [0.25, 0.3) is 0 Å². The summed E-state index contributed by atoms with van der Waals surface area (Å²) in [5.41, 5.74) is 3.12. The molecule has 1 aromatic heterocycles. The summed E-state index contributed by atoms with van der Waals surface area (Å²) in [6, 6.07) is 8.51. The lowest BCUT2D eigenvalue weighted by atomic mass is 10.2. The first kappa shape index (κ1) is 16.1. The molecule has 2 rings (SSSR count). The molecule has 6 heteroatoms. The van der Waals surface area contributed by atoms with Crippen LogP contribution in [0.5, 0.6) is 5.75 Å². The quantitative estimate of drug-likeness (QED) is 0.649. The van der Waals surface area contributed by atoms with Crippen molar-refractivity contribution in [1.82, 2.24) is 5.43 Å². The molecule has 116 valence electrons. The average Bonchev–Trinajstić information content (AvgIpc) is 3.04. The maximum atomic E-state index is 11.6. The van der Waals surface area contributed by atoms with Gasteiger partial charge in [0, 0.05) is 0 Å². The Hall–Kier alpha value is -2.27. The summed E-state index contributed by atoms with van der Waals surface area (Å²) < 4.78 is 10.6. The molecule has 0 radical (unpaired) electrons. The van der Waals surface area contributed by atoms with Crippen LogP contribution in [-0.4, -0.2) is 18.2 Å². The monoisotopic (exact) mass is 320 g/mol. The van der Waals surface area contributed by atoms with Gasteiger partial charge < -0.3 is 9.15 Å². The van der Waals surface area contributed by atoms with E-state index in [9.17, 15) is 4.79 Å². The van der Waals surface area contributed by atoms with Crippen LogP contribution < -0.4 is 10.2 Å². The minimum atomic E-state index is -0.413. The van der Waals surface area contributed by atoms with Crippen LogP contribution >= 0.6 is 11.6 Å². The Kier molecular flexibility index (Phi) is 5.61. The third kappa shape index (κ3) is 4.36. The summed E-state index contributed by atoms with van der Waals surface area (Å²) in [7, 11) is 0. The van der Waals surface area contributed by atoms with Gasteiger partial charge in [0.25, 0.3) is 0 Å². The fraction of sp³-hybridized carbons (Fsp3) is 0.250. The second kappa shape index (κ2) is 7.66. The summed E-state index contributed by atoms with van der Waals surface area (Å²) in [5, 5.41) is 4.36. The molecule has 1 N–H and O–H groups in total. The van der Waals surface area contributed by atoms with Crippen molar-refractivity contribution in [1.29, 1.82) is 0 Å². The molecule has 5 nitrogen and oxygen atoms in total. The van der Waals surface area contributed by atoms with Crippen molar-refractivity contribution < 1.29 is 13.9 Å². The van der Waals surface area contributed by atoms with Crippen LogP contribution in [0, 0.1) is 0 Å². The normalized spacial score (nSPS) is 12.3. The van der Waals surface area contributed by atoms with Crippen LogP contribution in [0.4, 0.5) is 0 Å². The van der Waals surface area contributed by atoms with Crippen molar-refractivity contribution in [2.24, 2.45) is 5.10 Å². The number of rotatable bonds is 6. The summed E-state index contributed by atoms with van der Waals surface area (Å²) in [6.45, 7) is 4.02. The van der Waals surface area contributed by atoms with E-state index in [1.54, 1.807) is 24.3 Å². The highest BCUT2D eigenvalue weighted by Crippen LogP contribution is 2.26. The molecule has 1 heterocycles. The Morgan fingerprint density at radius 1 is 1.50 bits per heavy atom. The Bertz CT molecular complexity index is 653. The van der Waals surface area contributed by atoms with E-state index in [4.69, 9.17) is 20.8 Å². The van der Waals surface area contributed by atoms with Gasteiger partial charge >= 0.3 is 5.91 Å². The lowest BCUT2D eigenvalue weighted by Gasteiger charge is -2.13. The molecule has 22 heavy (non-hydrogen) atoms. The number of carbonyl (C=O) groups is 1. The Morgan fingerprint density at radius 2 is 2.32 bits per heavy atom. The molecule has 0 saturated carbocycles. The zero-order valence-electron chi connectivity index (χ0n) is 12.4. The predicted molar refractivity (Wildman–Crippen MR) is 85.6 cm³/mol. The zero-order valence-corrected chi connectivity index (χ0v) is 13.1. The van der Waals surface area contributed by atoms with E-state index in [2.05, 4.69) is 10.5 Å². The van der Waals surface area contributed by atoms with E-state index in [0.29, 0.717) is 10.8 Å². The summed E-state index contributed by atoms with van der Waals surface area (Å²) in [6.07, 6.45) is 3.93. The number of nitrogens with zero attached hydrogens (tertiary/aromatic N) is 1. The van der Waals surface area contributed by atoms with Gasteiger partial charge in [-0.3, -0.25) is 4.79 Å². The number of hydrazone groups is 1. The number of benzene rings is 1. The van der Waals surface area contributed by atoms with Gasteiger partial charge in [0.05, 0.1) is 23.6 Å². The minimum Gasteiger partial charge on any atom is -0.489 e. The van der Waals surface area contributed by atoms with Gasteiger partial charge in [0.2, 0.25) is 0 Å². The SMILES string of the molecule is CC[C@@H](C)Oc1ccc(/C=N/NC(=O)c2ccco2)cc1Cl. The maximum Gasteiger partial charge on any atom is 0.307 e. The van der Waals surface area contributed by atoms with Crippen molar-refractivity contribution in [3.63, 3.8) is 0 Å². The standard InChI is InChI=1S/C16H17ClN2O3/c1-3-11(2)22-14-7-6-12(9-13(14)17)10-18-19-16(20)15-5-4-8-21-15/h4-11H,3H2,1-2H3,(H,19,20)/b18-10+/t11-/m1/s1. The smallest absolute Gasteiger partial charge is 0.307 e. The number of hydrogen-bond acceptors (Lipinski definition) is 4. The van der Waals surface area contributed by atoms with E-state index in [0.717, 1.165) is 12.0 Å². The van der Waals surface area contributed by atoms with Crippen molar-refractivity contribution in [3.8, 4) is 5.75 Å². The summed E-state index contributed by atoms with van der Waals surface area (Å²) >= 11 is 6.16. The van der Waals surface area contributed by atoms with Crippen molar-refractivity contribution in [2.45, 2.75) is 26.4 Å². The van der Waals surface area contributed by atoms with Gasteiger partial charge in [0.15, 0.2) is 5.76 Å². The molecular weight excluding hydrogens is 304 g/mol. The first-order valence-electron chi connectivity index (χ1n) is 6.93. The fourth-order valence-corrected chi connectivity index (χ4v) is 1.85. The van der Waals surface area contributed by atoms with E-state index in [1.807, 2.05) is 19.9 Å². The van der Waals surface area contributed by atoms with Crippen LogP contribution in [0.1, 0.15) is 36.4 Å². The van der Waals surface area contributed by atoms with Crippen LogP contribution in [0.2, 0.25) is 5.02 Å². The largest absolute Gasteiger partial charge is 0.489 e. The number of nitrogens with one attached hydrogen (secondary N) is 1. The van der Waals surface area contributed by atoms with E-state index >= 15 is 0 Å². The number of ether oxygens (including phenoxy) is 1. The first-order chi connectivity index (χ1) is 10.6. The predicted octanol–water partition coefficient (Wildman–Crippen LogP) is 3.87. The first-order valence-corrected chi connectivity index (χ1v) is 7.31. The van der Waals surface area contributed by atoms with E-state index in [-0.39, 0.29) is 11.9 Å². The third-order valence-corrected chi connectivity index (χ3v) is 3.28. The van der Waals surface area contributed by atoms with Crippen molar-refractivity contribution in [3.05, 3.63) is 52.9 Å². The van der Waals surface area contributed by atoms with Gasteiger partial charge in [-0.2, -0.15) is 5.10 Å². The molecule has 1 atom stereocenters. The summed E-state index contributed by atoms with van der Waals surface area (Å²) in [4.78, 5) is 11.6. The Balaban J connectivity index is 1.97. The molecule has 0 unspecified atom stereocenters. The number of halogens is 1. The Labute approximate surface area is 133 Å². The molecule has 0 saturated heterocycles. The van der Waals surface area contributed by atoms with Crippen molar-refractivity contribution >= 4 is 23.7 Å². The second-order valence-corrected chi connectivity index (χ2v) is 5.11. The van der Waals surface area contributed by atoms with Crippen LogP contribution in [-0.2, 0) is 0 Å². The summed E-state index contributed by atoms with van der Waals surface area (Å²) in [5.74, 6) is 0.421. The number of hydrogen-bond donors (Lipinski definition) is 1. The van der Waals surface area contributed by atoms with E-state index < -0.39 is 5.91 Å². The topological polar surface area (TPSA) is 63.8 Å². The third-order valence-electron chi connectivity index (χ3n) is 2.98. The molecule has 0 spiro atoms. The molecule has 2 aromatic rings. The van der Waals surface area contributed by atoms with Gasteiger partial charge in [0.1, 0.15) is 5.75 Å². The fourth-order valence-electron chi connectivity index (χ4n) is 1.62. The lowest BCUT2D eigenvalue weighted by Crippen LogP contribution is -2.16. The minimum absolute atomic E-state index is 0.101. The van der Waals surface area contributed by atoms with Gasteiger partial charge in [-0.25, -0.2) is 5.43 Å². The molecule has 0 bridgehead atoms. The lowest BCUT2D eigenvalue weighted by molar-refractivity contribution is 0.0927. The van der Waals surface area contributed by atoms with E-state index in [1.165, 1.54) is 12.5 Å². The maximum absolute atomic E-state index is 11.6. The highest BCUT2D eigenvalue weighted by Gasteiger charge is 2.07. The van der Waals surface area contributed by atoms with Crippen LogP contribution in [0.15, 0.2) is 46.1 Å². The Morgan fingerprint density at radius 3 is 2.95 bits per heavy atom. The van der Waals surface area contributed by atoms with Gasteiger partial charge in [-0.05, 0) is 49.2 Å². The number of furan rings is 1.